The van der Waals surface area contributed by atoms with Gasteiger partial charge in [0.2, 0.25) is 0 Å². The summed E-state index contributed by atoms with van der Waals surface area (Å²) in [7, 11) is 1.59. The van der Waals surface area contributed by atoms with Gasteiger partial charge in [-0.15, -0.1) is 11.8 Å². The molecule has 7 nitrogen and oxygen atoms in total. The number of aryl methyl sites for hydroxylation is 1. The summed E-state index contributed by atoms with van der Waals surface area (Å²) in [5.41, 5.74) is 2.43. The van der Waals surface area contributed by atoms with E-state index in [-0.39, 0.29) is 18.3 Å². The SMILES string of the molecule is COc1ccc2nccc([C@@H](F)CC[C@@H]3CCN(CCSc4cn[nH]c4C)C[C@@H]3CC(=O)O)c2c1. The number of carbonyl (C=O) groups is 1. The molecule has 4 rings (SSSR count). The number of nitrogens with one attached hydrogen (secondary N) is 1. The van der Waals surface area contributed by atoms with Crippen LogP contribution in [-0.4, -0.2) is 63.7 Å². The number of carboxylic acids is 1. The monoisotopic (exact) mass is 500 g/mol. The number of carboxylic acid groups (broad SMARTS) is 1. The number of alkyl halides is 1. The van der Waals surface area contributed by atoms with E-state index in [2.05, 4.69) is 20.1 Å². The van der Waals surface area contributed by atoms with Crippen molar-refractivity contribution in [3.8, 4) is 5.75 Å². The maximum Gasteiger partial charge on any atom is 0.303 e. The first kappa shape index (κ1) is 25.4. The van der Waals surface area contributed by atoms with E-state index in [9.17, 15) is 9.90 Å². The van der Waals surface area contributed by atoms with Crippen molar-refractivity contribution in [3.05, 3.63) is 47.9 Å². The van der Waals surface area contributed by atoms with E-state index < -0.39 is 12.1 Å². The summed E-state index contributed by atoms with van der Waals surface area (Å²) < 4.78 is 20.8. The number of piperidine rings is 1. The fraction of sp³-hybridized carbons (Fsp3) is 0.500. The quantitative estimate of drug-likeness (QED) is 0.347. The van der Waals surface area contributed by atoms with E-state index in [1.54, 1.807) is 31.1 Å². The Kier molecular flexibility index (Phi) is 8.62. The zero-order valence-corrected chi connectivity index (χ0v) is 21.1. The van der Waals surface area contributed by atoms with Gasteiger partial charge in [0.1, 0.15) is 11.9 Å². The van der Waals surface area contributed by atoms with Crippen LogP contribution in [0.2, 0.25) is 0 Å². The van der Waals surface area contributed by atoms with Gasteiger partial charge in [0.15, 0.2) is 0 Å². The molecule has 2 N–H and O–H groups in total. The Bertz CT molecular complexity index is 1140. The molecule has 0 spiro atoms. The van der Waals surface area contributed by atoms with Gasteiger partial charge in [0.05, 0.1) is 18.8 Å². The zero-order chi connectivity index (χ0) is 24.8. The molecule has 3 heterocycles. The summed E-state index contributed by atoms with van der Waals surface area (Å²) in [5.74, 6) is 1.05. The number of hydrogen-bond acceptors (Lipinski definition) is 6. The smallest absolute Gasteiger partial charge is 0.303 e. The predicted molar refractivity (Wildman–Crippen MR) is 136 cm³/mol. The normalized spacial score (nSPS) is 19.6. The number of fused-ring (bicyclic) bond motifs is 1. The molecule has 1 saturated heterocycles. The first-order chi connectivity index (χ1) is 16.9. The molecule has 0 amide bonds. The summed E-state index contributed by atoms with van der Waals surface area (Å²) in [6.45, 7) is 4.56. The molecule has 1 fully saturated rings. The number of halogens is 1. The minimum Gasteiger partial charge on any atom is -0.497 e. The van der Waals surface area contributed by atoms with Gasteiger partial charge in [0, 0.05) is 47.4 Å². The summed E-state index contributed by atoms with van der Waals surface area (Å²) in [6, 6.07) is 7.24. The van der Waals surface area contributed by atoms with E-state index in [1.807, 2.05) is 31.3 Å². The Morgan fingerprint density at radius 3 is 2.97 bits per heavy atom. The van der Waals surface area contributed by atoms with Crippen LogP contribution in [0.5, 0.6) is 5.75 Å². The number of rotatable bonds is 11. The highest BCUT2D eigenvalue weighted by atomic mass is 32.2. The van der Waals surface area contributed by atoms with Crippen molar-refractivity contribution in [2.75, 3.05) is 32.5 Å². The lowest BCUT2D eigenvalue weighted by atomic mass is 9.79. The second-order valence-electron chi connectivity index (χ2n) is 9.24. The number of aromatic nitrogens is 3. The van der Waals surface area contributed by atoms with Crippen molar-refractivity contribution in [2.24, 2.45) is 11.8 Å². The number of likely N-dealkylation sites (tertiary alicyclic amines) is 1. The molecule has 1 aliphatic rings. The fourth-order valence-corrected chi connectivity index (χ4v) is 5.99. The van der Waals surface area contributed by atoms with Crippen molar-refractivity contribution in [3.63, 3.8) is 0 Å². The molecule has 2 aromatic heterocycles. The van der Waals surface area contributed by atoms with E-state index in [0.29, 0.717) is 24.2 Å². The lowest BCUT2D eigenvalue weighted by molar-refractivity contribution is -0.139. The molecule has 0 radical (unpaired) electrons. The summed E-state index contributed by atoms with van der Waals surface area (Å²) >= 11 is 1.76. The highest BCUT2D eigenvalue weighted by molar-refractivity contribution is 7.99. The van der Waals surface area contributed by atoms with Crippen molar-refractivity contribution >= 4 is 28.6 Å². The largest absolute Gasteiger partial charge is 0.497 e. The number of hydrogen-bond donors (Lipinski definition) is 2. The van der Waals surface area contributed by atoms with Crippen molar-refractivity contribution < 1.29 is 19.0 Å². The van der Waals surface area contributed by atoms with Crippen molar-refractivity contribution in [1.82, 2.24) is 20.1 Å². The second-order valence-corrected chi connectivity index (χ2v) is 10.4. The first-order valence-electron chi connectivity index (χ1n) is 12.1. The number of pyridine rings is 1. The third-order valence-electron chi connectivity index (χ3n) is 6.97. The number of thioether (sulfide) groups is 1. The number of aliphatic carboxylic acids is 1. The number of aromatic amines is 1. The molecular weight excluding hydrogens is 467 g/mol. The maximum atomic E-state index is 15.4. The number of methoxy groups -OCH3 is 1. The Morgan fingerprint density at radius 1 is 1.37 bits per heavy atom. The number of H-pyrrole nitrogens is 1. The summed E-state index contributed by atoms with van der Waals surface area (Å²) in [5, 5.41) is 17.3. The Hall–Kier alpha value is -2.65. The Morgan fingerprint density at radius 2 is 2.23 bits per heavy atom. The van der Waals surface area contributed by atoms with Gasteiger partial charge in [-0.3, -0.25) is 14.9 Å². The van der Waals surface area contributed by atoms with Gasteiger partial charge in [-0.1, -0.05) is 0 Å². The van der Waals surface area contributed by atoms with Crippen LogP contribution in [0, 0.1) is 18.8 Å². The topological polar surface area (TPSA) is 91.3 Å². The summed E-state index contributed by atoms with van der Waals surface area (Å²) in [4.78, 5) is 19.4. The highest BCUT2D eigenvalue weighted by Crippen LogP contribution is 2.36. The summed E-state index contributed by atoms with van der Waals surface area (Å²) in [6.07, 6.45) is 4.41. The molecule has 188 valence electrons. The predicted octanol–water partition coefficient (Wildman–Crippen LogP) is 5.27. The van der Waals surface area contributed by atoms with Crippen molar-refractivity contribution in [2.45, 2.75) is 43.7 Å². The van der Waals surface area contributed by atoms with Crippen molar-refractivity contribution in [1.29, 1.82) is 0 Å². The van der Waals surface area contributed by atoms with Gasteiger partial charge in [0.25, 0.3) is 0 Å². The highest BCUT2D eigenvalue weighted by Gasteiger charge is 2.31. The number of ether oxygens (including phenoxy) is 1. The molecule has 1 aliphatic heterocycles. The molecule has 1 aromatic carbocycles. The Labute approximate surface area is 209 Å². The van der Waals surface area contributed by atoms with Crippen LogP contribution in [0.15, 0.2) is 41.6 Å². The molecule has 0 aliphatic carbocycles. The third kappa shape index (κ3) is 6.52. The fourth-order valence-electron chi connectivity index (χ4n) is 5.03. The minimum atomic E-state index is -1.13. The van der Waals surface area contributed by atoms with Crippen LogP contribution in [0.25, 0.3) is 10.9 Å². The molecule has 0 unspecified atom stereocenters. The van der Waals surface area contributed by atoms with Gasteiger partial charge in [-0.2, -0.15) is 5.10 Å². The van der Waals surface area contributed by atoms with Crippen LogP contribution in [0.1, 0.15) is 43.1 Å². The molecule has 35 heavy (non-hydrogen) atoms. The standard InChI is InChI=1S/C26H33FN4O3S/c1-17-25(15-29-30-17)35-12-11-31-10-8-18(19(16-31)13-26(32)33)3-5-23(27)21-7-9-28-24-6-4-20(34-2)14-22(21)24/h4,6-7,9,14-15,18-19,23H,3,5,8,10-13,16H2,1-2H3,(H,29,30)(H,32,33)/t18-,19+,23+/m1/s1. The molecule has 3 aromatic rings. The maximum absolute atomic E-state index is 15.4. The van der Waals surface area contributed by atoms with Gasteiger partial charge < -0.3 is 14.7 Å². The lowest BCUT2D eigenvalue weighted by Crippen LogP contribution is -2.42. The third-order valence-corrected chi connectivity index (χ3v) is 8.08. The van der Waals surface area contributed by atoms with Gasteiger partial charge in [-0.25, -0.2) is 4.39 Å². The van der Waals surface area contributed by atoms with Crippen LogP contribution in [0.4, 0.5) is 4.39 Å². The molecule has 9 heteroatoms. The van der Waals surface area contributed by atoms with E-state index in [0.717, 1.165) is 53.3 Å². The minimum absolute atomic E-state index is 0.0309. The van der Waals surface area contributed by atoms with E-state index in [1.165, 1.54) is 0 Å². The number of nitrogens with zero attached hydrogens (tertiary/aromatic N) is 3. The zero-order valence-electron chi connectivity index (χ0n) is 20.2. The second kappa shape index (κ2) is 11.9. The average molecular weight is 501 g/mol. The van der Waals surface area contributed by atoms with Crippen LogP contribution < -0.4 is 4.74 Å². The lowest BCUT2D eigenvalue weighted by Gasteiger charge is -2.38. The van der Waals surface area contributed by atoms with Crippen LogP contribution >= 0.6 is 11.8 Å². The molecular formula is C26H33FN4O3S. The Balaban J connectivity index is 1.35. The molecule has 3 atom stereocenters. The van der Waals surface area contributed by atoms with Crippen LogP contribution in [0.3, 0.4) is 0 Å². The van der Waals surface area contributed by atoms with Gasteiger partial charge in [-0.05, 0) is 74.4 Å². The van der Waals surface area contributed by atoms with Crippen LogP contribution in [-0.2, 0) is 4.79 Å². The average Bonchev–Trinajstić information content (AvgIpc) is 3.26. The van der Waals surface area contributed by atoms with E-state index >= 15 is 4.39 Å². The number of benzene rings is 1. The first-order valence-corrected chi connectivity index (χ1v) is 13.1. The van der Waals surface area contributed by atoms with E-state index in [4.69, 9.17) is 4.74 Å². The van der Waals surface area contributed by atoms with Gasteiger partial charge >= 0.3 is 5.97 Å². The molecule has 0 saturated carbocycles. The molecule has 0 bridgehead atoms.